The van der Waals surface area contributed by atoms with Gasteiger partial charge in [-0.05, 0) is 37.5 Å². The summed E-state index contributed by atoms with van der Waals surface area (Å²) >= 11 is 0. The molecule has 2 atom stereocenters. The molecule has 20 heavy (non-hydrogen) atoms. The van der Waals surface area contributed by atoms with Crippen molar-refractivity contribution in [3.63, 3.8) is 0 Å². The van der Waals surface area contributed by atoms with Crippen LogP contribution in [-0.2, 0) is 4.74 Å². The lowest BCUT2D eigenvalue weighted by atomic mass is 10.2. The van der Waals surface area contributed by atoms with E-state index < -0.39 is 5.97 Å². The van der Waals surface area contributed by atoms with Gasteiger partial charge in [-0.1, -0.05) is 0 Å². The lowest BCUT2D eigenvalue weighted by molar-refractivity contribution is 0.0697. The van der Waals surface area contributed by atoms with E-state index in [1.807, 2.05) is 0 Å². The van der Waals surface area contributed by atoms with Crippen LogP contribution in [0.25, 0.3) is 11.1 Å². The van der Waals surface area contributed by atoms with Gasteiger partial charge in [0.1, 0.15) is 5.52 Å². The normalized spacial score (nSPS) is 22.2. The second-order valence-electron chi connectivity index (χ2n) is 5.02. The molecule has 2 unspecified atom stereocenters. The van der Waals surface area contributed by atoms with E-state index in [4.69, 9.17) is 14.3 Å². The maximum atomic E-state index is 10.9. The van der Waals surface area contributed by atoms with E-state index >= 15 is 0 Å². The number of anilines is 1. The molecule has 3 rings (SSSR count). The topological polar surface area (TPSA) is 84.6 Å². The number of aromatic carboxylic acids is 1. The fourth-order valence-corrected chi connectivity index (χ4v) is 2.58. The first kappa shape index (κ1) is 12.9. The number of benzene rings is 1. The van der Waals surface area contributed by atoms with E-state index in [1.165, 1.54) is 12.1 Å². The van der Waals surface area contributed by atoms with Gasteiger partial charge < -0.3 is 19.6 Å². The highest BCUT2D eigenvalue weighted by Crippen LogP contribution is 2.26. The Morgan fingerprint density at radius 2 is 2.35 bits per heavy atom. The predicted octanol–water partition coefficient (Wildman–Crippen LogP) is 2.51. The van der Waals surface area contributed by atoms with E-state index in [-0.39, 0.29) is 17.7 Å². The highest BCUT2D eigenvalue weighted by molar-refractivity contribution is 5.92. The van der Waals surface area contributed by atoms with Crippen LogP contribution in [0.2, 0.25) is 0 Å². The molecule has 1 saturated carbocycles. The Morgan fingerprint density at radius 1 is 1.50 bits per heavy atom. The standard InChI is InChI=1S/C14H16N2O4/c1-19-10-4-3-9(7-10)15-14-16-11-5-2-8(13(17)18)6-12(11)20-14/h2,5-6,9-10H,3-4,7H2,1H3,(H,15,16)(H,17,18). The minimum Gasteiger partial charge on any atom is -0.478 e. The highest BCUT2D eigenvalue weighted by atomic mass is 16.5. The molecule has 0 saturated heterocycles. The summed E-state index contributed by atoms with van der Waals surface area (Å²) in [5.74, 6) is -0.975. The molecule has 1 aromatic heterocycles. The molecular weight excluding hydrogens is 260 g/mol. The quantitative estimate of drug-likeness (QED) is 0.892. The van der Waals surface area contributed by atoms with Crippen LogP contribution in [0.4, 0.5) is 6.01 Å². The van der Waals surface area contributed by atoms with Gasteiger partial charge in [0.2, 0.25) is 0 Å². The third-order valence-corrected chi connectivity index (χ3v) is 3.68. The van der Waals surface area contributed by atoms with Crippen molar-refractivity contribution in [1.82, 2.24) is 4.98 Å². The number of aromatic nitrogens is 1. The predicted molar refractivity (Wildman–Crippen MR) is 73.0 cm³/mol. The number of methoxy groups -OCH3 is 1. The van der Waals surface area contributed by atoms with Crippen molar-refractivity contribution in [2.24, 2.45) is 0 Å². The summed E-state index contributed by atoms with van der Waals surface area (Å²) in [6, 6.07) is 5.38. The van der Waals surface area contributed by atoms with E-state index in [1.54, 1.807) is 13.2 Å². The van der Waals surface area contributed by atoms with Crippen LogP contribution in [0.1, 0.15) is 29.6 Å². The fraction of sp³-hybridized carbons (Fsp3) is 0.429. The number of ether oxygens (including phenoxy) is 1. The Hall–Kier alpha value is -2.08. The van der Waals surface area contributed by atoms with Gasteiger partial charge in [-0.2, -0.15) is 4.98 Å². The Morgan fingerprint density at radius 3 is 3.05 bits per heavy atom. The van der Waals surface area contributed by atoms with Gasteiger partial charge >= 0.3 is 5.97 Å². The zero-order chi connectivity index (χ0) is 14.1. The maximum Gasteiger partial charge on any atom is 0.335 e. The molecule has 6 nitrogen and oxygen atoms in total. The molecule has 0 aliphatic heterocycles. The van der Waals surface area contributed by atoms with Crippen LogP contribution in [0, 0.1) is 0 Å². The first-order valence-corrected chi connectivity index (χ1v) is 6.59. The van der Waals surface area contributed by atoms with Gasteiger partial charge in [0.25, 0.3) is 6.01 Å². The smallest absolute Gasteiger partial charge is 0.335 e. The van der Waals surface area contributed by atoms with Crippen LogP contribution < -0.4 is 5.32 Å². The maximum absolute atomic E-state index is 10.9. The molecule has 6 heteroatoms. The summed E-state index contributed by atoms with van der Waals surface area (Å²) in [5.41, 5.74) is 1.33. The largest absolute Gasteiger partial charge is 0.478 e. The van der Waals surface area contributed by atoms with E-state index in [2.05, 4.69) is 10.3 Å². The molecular formula is C14H16N2O4. The van der Waals surface area contributed by atoms with Crippen molar-refractivity contribution in [3.8, 4) is 0 Å². The number of fused-ring (bicyclic) bond motifs is 1. The third kappa shape index (κ3) is 2.46. The zero-order valence-corrected chi connectivity index (χ0v) is 11.1. The summed E-state index contributed by atoms with van der Waals surface area (Å²) in [6.45, 7) is 0. The SMILES string of the molecule is COC1CCC(Nc2nc3ccc(C(=O)O)cc3o2)C1. The van der Waals surface area contributed by atoms with Gasteiger partial charge in [0, 0.05) is 13.2 Å². The number of oxazole rings is 1. The molecule has 1 aromatic carbocycles. The number of carboxylic acid groups (broad SMARTS) is 1. The molecule has 1 aliphatic rings. The van der Waals surface area contributed by atoms with E-state index in [0.717, 1.165) is 19.3 Å². The first-order valence-electron chi connectivity index (χ1n) is 6.59. The van der Waals surface area contributed by atoms with Crippen molar-refractivity contribution < 1.29 is 19.1 Å². The van der Waals surface area contributed by atoms with Gasteiger partial charge in [0.15, 0.2) is 5.58 Å². The Bertz CT molecular complexity index is 637. The average Bonchev–Trinajstić information content (AvgIpc) is 3.03. The summed E-state index contributed by atoms with van der Waals surface area (Å²) in [5, 5.41) is 12.2. The van der Waals surface area contributed by atoms with Crippen molar-refractivity contribution in [2.45, 2.75) is 31.4 Å². The van der Waals surface area contributed by atoms with Crippen LogP contribution in [0.5, 0.6) is 0 Å². The molecule has 0 bridgehead atoms. The molecule has 0 amide bonds. The first-order chi connectivity index (χ1) is 9.65. The van der Waals surface area contributed by atoms with Crippen LogP contribution in [-0.4, -0.2) is 35.3 Å². The molecule has 1 fully saturated rings. The Kier molecular flexibility index (Phi) is 3.31. The number of carbonyl (C=O) groups is 1. The fourth-order valence-electron chi connectivity index (χ4n) is 2.58. The molecule has 0 radical (unpaired) electrons. The van der Waals surface area contributed by atoms with Gasteiger partial charge in [-0.25, -0.2) is 4.79 Å². The Balaban J connectivity index is 1.77. The summed E-state index contributed by atoms with van der Waals surface area (Å²) in [4.78, 5) is 15.2. The van der Waals surface area contributed by atoms with Crippen molar-refractivity contribution in [2.75, 3.05) is 12.4 Å². The number of nitrogens with one attached hydrogen (secondary N) is 1. The summed E-state index contributed by atoms with van der Waals surface area (Å²) in [6.07, 6.45) is 3.25. The molecule has 106 valence electrons. The molecule has 1 heterocycles. The molecule has 1 aliphatic carbocycles. The van der Waals surface area contributed by atoms with Crippen LogP contribution in [0.3, 0.4) is 0 Å². The molecule has 2 aromatic rings. The summed E-state index contributed by atoms with van der Waals surface area (Å²) < 4.78 is 10.9. The van der Waals surface area contributed by atoms with Crippen LogP contribution >= 0.6 is 0 Å². The minimum absolute atomic E-state index is 0.195. The van der Waals surface area contributed by atoms with Crippen molar-refractivity contribution in [3.05, 3.63) is 23.8 Å². The lowest BCUT2D eigenvalue weighted by Crippen LogP contribution is -2.17. The van der Waals surface area contributed by atoms with Crippen molar-refractivity contribution >= 4 is 23.1 Å². The molecule has 0 spiro atoms. The number of carboxylic acids is 1. The average molecular weight is 276 g/mol. The minimum atomic E-state index is -0.975. The number of rotatable bonds is 4. The monoisotopic (exact) mass is 276 g/mol. The third-order valence-electron chi connectivity index (χ3n) is 3.68. The second-order valence-corrected chi connectivity index (χ2v) is 5.02. The highest BCUT2D eigenvalue weighted by Gasteiger charge is 2.25. The lowest BCUT2D eigenvalue weighted by Gasteiger charge is -2.10. The van der Waals surface area contributed by atoms with Crippen molar-refractivity contribution in [1.29, 1.82) is 0 Å². The Labute approximate surface area is 115 Å². The van der Waals surface area contributed by atoms with E-state index in [9.17, 15) is 4.79 Å². The van der Waals surface area contributed by atoms with Gasteiger partial charge in [-0.15, -0.1) is 0 Å². The number of hydrogen-bond donors (Lipinski definition) is 2. The summed E-state index contributed by atoms with van der Waals surface area (Å²) in [7, 11) is 1.72. The number of hydrogen-bond acceptors (Lipinski definition) is 5. The molecule has 2 N–H and O–H groups in total. The van der Waals surface area contributed by atoms with Crippen LogP contribution in [0.15, 0.2) is 22.6 Å². The van der Waals surface area contributed by atoms with E-state index in [0.29, 0.717) is 17.1 Å². The van der Waals surface area contributed by atoms with Gasteiger partial charge in [0.05, 0.1) is 11.7 Å². The zero-order valence-electron chi connectivity index (χ0n) is 11.1. The van der Waals surface area contributed by atoms with Gasteiger partial charge in [-0.3, -0.25) is 0 Å². The number of nitrogens with zero attached hydrogens (tertiary/aromatic N) is 1. The second kappa shape index (κ2) is 5.13.